The van der Waals surface area contributed by atoms with Gasteiger partial charge in [-0.2, -0.15) is 0 Å². The highest BCUT2D eigenvalue weighted by atomic mass is 16.5. The van der Waals surface area contributed by atoms with E-state index in [-0.39, 0.29) is 0 Å². The van der Waals surface area contributed by atoms with Crippen LogP contribution in [-0.2, 0) is 0 Å². The second kappa shape index (κ2) is 3.01. The summed E-state index contributed by atoms with van der Waals surface area (Å²) >= 11 is 0. The highest BCUT2D eigenvalue weighted by molar-refractivity contribution is 5.85. The standard InChI is InChI=1S/C10H12N2O/c1-11-10-6-7-5-8(13-2)3-4-9(7)12-10/h3-6,11-12H,1-2H3. The minimum atomic E-state index is 0.883. The van der Waals surface area contributed by atoms with Gasteiger partial charge in [0.15, 0.2) is 0 Å². The monoisotopic (exact) mass is 176 g/mol. The summed E-state index contributed by atoms with van der Waals surface area (Å²) in [6.07, 6.45) is 0. The Morgan fingerprint density at radius 2 is 2.15 bits per heavy atom. The molecule has 0 unspecified atom stereocenters. The van der Waals surface area contributed by atoms with Gasteiger partial charge in [0.25, 0.3) is 0 Å². The molecule has 0 aliphatic carbocycles. The van der Waals surface area contributed by atoms with Gasteiger partial charge in [-0.3, -0.25) is 0 Å². The second-order valence-corrected chi connectivity index (χ2v) is 2.89. The van der Waals surface area contributed by atoms with Crippen LogP contribution in [0.2, 0.25) is 0 Å². The van der Waals surface area contributed by atoms with Crippen molar-refractivity contribution in [2.24, 2.45) is 0 Å². The Labute approximate surface area is 76.7 Å². The number of H-pyrrole nitrogens is 1. The molecule has 0 aliphatic rings. The summed E-state index contributed by atoms with van der Waals surface area (Å²) in [5.41, 5.74) is 1.12. The molecular formula is C10H12N2O. The van der Waals surface area contributed by atoms with Crippen LogP contribution in [0, 0.1) is 0 Å². The molecular weight excluding hydrogens is 164 g/mol. The Bertz CT molecular complexity index is 418. The normalized spacial score (nSPS) is 10.3. The predicted molar refractivity (Wildman–Crippen MR) is 54.4 cm³/mol. The molecule has 13 heavy (non-hydrogen) atoms. The molecule has 0 atom stereocenters. The highest BCUT2D eigenvalue weighted by Crippen LogP contribution is 2.22. The Hall–Kier alpha value is -1.64. The second-order valence-electron chi connectivity index (χ2n) is 2.89. The maximum Gasteiger partial charge on any atom is 0.119 e. The van der Waals surface area contributed by atoms with Crippen LogP contribution in [0.15, 0.2) is 24.3 Å². The van der Waals surface area contributed by atoms with Gasteiger partial charge >= 0.3 is 0 Å². The van der Waals surface area contributed by atoms with Gasteiger partial charge in [-0.15, -0.1) is 0 Å². The first-order valence-electron chi connectivity index (χ1n) is 4.18. The first-order chi connectivity index (χ1) is 6.33. The van der Waals surface area contributed by atoms with E-state index in [1.807, 2.05) is 25.2 Å². The van der Waals surface area contributed by atoms with Gasteiger partial charge in [0.2, 0.25) is 0 Å². The minimum Gasteiger partial charge on any atom is -0.497 e. The third-order valence-corrected chi connectivity index (χ3v) is 2.10. The Morgan fingerprint density at radius 1 is 1.31 bits per heavy atom. The molecule has 0 bridgehead atoms. The van der Waals surface area contributed by atoms with Crippen molar-refractivity contribution in [3.05, 3.63) is 24.3 Å². The molecule has 2 rings (SSSR count). The zero-order chi connectivity index (χ0) is 9.26. The number of fused-ring (bicyclic) bond motifs is 1. The maximum atomic E-state index is 5.13. The summed E-state index contributed by atoms with van der Waals surface area (Å²) in [5, 5.41) is 4.21. The topological polar surface area (TPSA) is 37.0 Å². The summed E-state index contributed by atoms with van der Waals surface area (Å²) < 4.78 is 5.13. The molecule has 1 heterocycles. The van der Waals surface area contributed by atoms with Crippen molar-refractivity contribution in [2.75, 3.05) is 19.5 Å². The number of aromatic amines is 1. The fraction of sp³-hybridized carbons (Fsp3) is 0.200. The molecule has 1 aromatic heterocycles. The van der Waals surface area contributed by atoms with Crippen LogP contribution in [-0.4, -0.2) is 19.1 Å². The van der Waals surface area contributed by atoms with E-state index in [1.165, 1.54) is 0 Å². The predicted octanol–water partition coefficient (Wildman–Crippen LogP) is 2.22. The fourth-order valence-corrected chi connectivity index (χ4v) is 1.37. The summed E-state index contributed by atoms with van der Waals surface area (Å²) in [4.78, 5) is 3.23. The largest absolute Gasteiger partial charge is 0.497 e. The van der Waals surface area contributed by atoms with Crippen LogP contribution in [0.5, 0.6) is 5.75 Å². The number of rotatable bonds is 2. The van der Waals surface area contributed by atoms with E-state index in [2.05, 4.69) is 16.4 Å². The maximum absolute atomic E-state index is 5.13. The summed E-state index contributed by atoms with van der Waals surface area (Å²) in [5.74, 6) is 1.90. The van der Waals surface area contributed by atoms with Gasteiger partial charge in [-0.05, 0) is 24.3 Å². The Kier molecular flexibility index (Phi) is 1.85. The lowest BCUT2D eigenvalue weighted by Gasteiger charge is -1.97. The molecule has 0 amide bonds. The molecule has 68 valence electrons. The zero-order valence-corrected chi connectivity index (χ0v) is 7.72. The molecule has 0 radical (unpaired) electrons. The first-order valence-corrected chi connectivity index (χ1v) is 4.18. The number of nitrogens with one attached hydrogen (secondary N) is 2. The molecule has 2 aromatic rings. The van der Waals surface area contributed by atoms with Gasteiger partial charge in [0, 0.05) is 18.0 Å². The summed E-state index contributed by atoms with van der Waals surface area (Å²) in [6.45, 7) is 0. The van der Waals surface area contributed by atoms with E-state index < -0.39 is 0 Å². The molecule has 3 heteroatoms. The van der Waals surface area contributed by atoms with E-state index >= 15 is 0 Å². The lowest BCUT2D eigenvalue weighted by molar-refractivity contribution is 0.415. The number of hydrogen-bond donors (Lipinski definition) is 2. The molecule has 0 saturated heterocycles. The Morgan fingerprint density at radius 3 is 2.85 bits per heavy atom. The van der Waals surface area contributed by atoms with Crippen molar-refractivity contribution in [1.29, 1.82) is 0 Å². The fourth-order valence-electron chi connectivity index (χ4n) is 1.37. The quantitative estimate of drug-likeness (QED) is 0.736. The van der Waals surface area contributed by atoms with Crippen molar-refractivity contribution in [3.63, 3.8) is 0 Å². The smallest absolute Gasteiger partial charge is 0.119 e. The van der Waals surface area contributed by atoms with E-state index in [9.17, 15) is 0 Å². The van der Waals surface area contributed by atoms with Crippen LogP contribution in [0.4, 0.5) is 5.82 Å². The van der Waals surface area contributed by atoms with Gasteiger partial charge in [-0.25, -0.2) is 0 Å². The van der Waals surface area contributed by atoms with Crippen molar-refractivity contribution in [3.8, 4) is 5.75 Å². The lowest BCUT2D eigenvalue weighted by Crippen LogP contribution is -1.85. The van der Waals surface area contributed by atoms with Crippen LogP contribution >= 0.6 is 0 Å². The minimum absolute atomic E-state index is 0.883. The molecule has 3 nitrogen and oxygen atoms in total. The average Bonchev–Trinajstić information content (AvgIpc) is 2.58. The van der Waals surface area contributed by atoms with Crippen molar-refractivity contribution in [1.82, 2.24) is 4.98 Å². The Balaban J connectivity index is 2.57. The van der Waals surface area contributed by atoms with Crippen molar-refractivity contribution in [2.45, 2.75) is 0 Å². The van der Waals surface area contributed by atoms with Crippen molar-refractivity contribution >= 4 is 16.7 Å². The van der Waals surface area contributed by atoms with Gasteiger partial charge in [0.05, 0.1) is 7.11 Å². The number of ether oxygens (including phenoxy) is 1. The number of aromatic nitrogens is 1. The third-order valence-electron chi connectivity index (χ3n) is 2.10. The van der Waals surface area contributed by atoms with Crippen LogP contribution in [0.1, 0.15) is 0 Å². The van der Waals surface area contributed by atoms with Gasteiger partial charge in [0.1, 0.15) is 11.6 Å². The number of hydrogen-bond acceptors (Lipinski definition) is 2. The average molecular weight is 176 g/mol. The summed E-state index contributed by atoms with van der Waals surface area (Å²) in [7, 11) is 3.56. The van der Waals surface area contributed by atoms with Crippen LogP contribution in [0.3, 0.4) is 0 Å². The van der Waals surface area contributed by atoms with Crippen LogP contribution in [0.25, 0.3) is 10.9 Å². The summed E-state index contributed by atoms with van der Waals surface area (Å²) in [6, 6.07) is 8.01. The van der Waals surface area contributed by atoms with Gasteiger partial charge in [-0.1, -0.05) is 0 Å². The molecule has 0 saturated carbocycles. The molecule has 2 N–H and O–H groups in total. The first kappa shape index (κ1) is 7.98. The van der Waals surface area contributed by atoms with Crippen LogP contribution < -0.4 is 10.1 Å². The van der Waals surface area contributed by atoms with E-state index in [0.717, 1.165) is 22.5 Å². The molecule has 0 fully saturated rings. The molecule has 1 aromatic carbocycles. The SMILES string of the molecule is CNc1cc2cc(OC)ccc2[nH]1. The van der Waals surface area contributed by atoms with Crippen molar-refractivity contribution < 1.29 is 4.74 Å². The highest BCUT2D eigenvalue weighted by Gasteiger charge is 1.99. The number of methoxy groups -OCH3 is 1. The van der Waals surface area contributed by atoms with E-state index in [0.29, 0.717) is 0 Å². The number of anilines is 1. The third kappa shape index (κ3) is 1.33. The zero-order valence-electron chi connectivity index (χ0n) is 7.72. The molecule has 0 spiro atoms. The lowest BCUT2D eigenvalue weighted by atomic mass is 10.2. The van der Waals surface area contributed by atoms with Gasteiger partial charge < -0.3 is 15.0 Å². The van der Waals surface area contributed by atoms with E-state index in [1.54, 1.807) is 7.11 Å². The molecule has 0 aliphatic heterocycles. The number of benzene rings is 1. The van der Waals surface area contributed by atoms with E-state index in [4.69, 9.17) is 4.74 Å².